The van der Waals surface area contributed by atoms with Crippen LogP contribution in [0.5, 0.6) is 0 Å². The third kappa shape index (κ3) is 10.6. The lowest BCUT2D eigenvalue weighted by molar-refractivity contribution is 0.0673. The summed E-state index contributed by atoms with van der Waals surface area (Å²) in [6, 6.07) is 0. The molecule has 5 nitrogen and oxygen atoms in total. The lowest BCUT2D eigenvalue weighted by Gasteiger charge is -2.20. The van der Waals surface area contributed by atoms with Crippen molar-refractivity contribution in [1.82, 2.24) is 0 Å². The smallest absolute Gasteiger partial charge is 0.379 e. The highest BCUT2D eigenvalue weighted by Crippen LogP contribution is 2.44. The molecule has 6 heteroatoms. The van der Waals surface area contributed by atoms with Crippen LogP contribution in [0.15, 0.2) is 0 Å². The highest BCUT2D eigenvalue weighted by atomic mass is 31.2. The molecule has 0 amide bonds. The highest BCUT2D eigenvalue weighted by Gasteiger charge is 2.24. The molecule has 1 unspecified atom stereocenters. The van der Waals surface area contributed by atoms with Gasteiger partial charge in [-0.2, -0.15) is 0 Å². The summed E-state index contributed by atoms with van der Waals surface area (Å²) >= 11 is 0. The average molecular weight is 254 g/mol. The van der Waals surface area contributed by atoms with Crippen LogP contribution in [0.25, 0.3) is 0 Å². The number of phosphoric ester groups is 1. The van der Waals surface area contributed by atoms with Crippen LogP contribution >= 0.6 is 7.82 Å². The van der Waals surface area contributed by atoms with Gasteiger partial charge in [0.05, 0.1) is 19.8 Å². The van der Waals surface area contributed by atoms with Crippen molar-refractivity contribution in [3.05, 3.63) is 0 Å². The fourth-order valence-electron chi connectivity index (χ4n) is 0.770. The van der Waals surface area contributed by atoms with Gasteiger partial charge in [0.15, 0.2) is 0 Å². The van der Waals surface area contributed by atoms with E-state index in [4.69, 9.17) is 13.8 Å². The first kappa shape index (κ1) is 16.1. The largest absolute Gasteiger partial charge is 0.472 e. The molecule has 98 valence electrons. The number of hydrogen-bond donors (Lipinski definition) is 1. The van der Waals surface area contributed by atoms with Crippen LogP contribution in [0.1, 0.15) is 34.1 Å². The third-order valence-corrected chi connectivity index (χ3v) is 2.46. The molecule has 0 aliphatic heterocycles. The maximum Gasteiger partial charge on any atom is 0.472 e. The molecule has 1 N–H and O–H groups in total. The summed E-state index contributed by atoms with van der Waals surface area (Å²) in [6.45, 7) is 8.91. The second-order valence-corrected chi connectivity index (χ2v) is 6.20. The summed E-state index contributed by atoms with van der Waals surface area (Å²) in [5, 5.41) is 0. The van der Waals surface area contributed by atoms with Crippen molar-refractivity contribution in [3.63, 3.8) is 0 Å². The number of ether oxygens (including phenoxy) is 1. The van der Waals surface area contributed by atoms with Crippen molar-refractivity contribution in [3.8, 4) is 0 Å². The van der Waals surface area contributed by atoms with E-state index in [0.717, 1.165) is 6.42 Å². The van der Waals surface area contributed by atoms with Gasteiger partial charge in [-0.05, 0) is 11.8 Å². The molecule has 1 atom stereocenters. The molecule has 0 spiro atoms. The van der Waals surface area contributed by atoms with Gasteiger partial charge in [0.2, 0.25) is 0 Å². The summed E-state index contributed by atoms with van der Waals surface area (Å²) in [5.74, 6) is 0. The molecule has 0 heterocycles. The first-order valence-electron chi connectivity index (χ1n) is 5.46. The van der Waals surface area contributed by atoms with Gasteiger partial charge in [-0.1, -0.05) is 27.7 Å². The van der Waals surface area contributed by atoms with Gasteiger partial charge in [-0.3, -0.25) is 9.05 Å². The van der Waals surface area contributed by atoms with Crippen LogP contribution in [0.3, 0.4) is 0 Å². The minimum absolute atomic E-state index is 0.0674. The molecule has 0 saturated heterocycles. The normalized spacial score (nSPS) is 16.1. The summed E-state index contributed by atoms with van der Waals surface area (Å²) < 4.78 is 26.0. The SMILES string of the molecule is CCCOCCOP(=O)(O)OCC(C)(C)C. The van der Waals surface area contributed by atoms with E-state index in [1.165, 1.54) is 0 Å². The minimum Gasteiger partial charge on any atom is -0.379 e. The molecule has 0 saturated carbocycles. The van der Waals surface area contributed by atoms with Crippen molar-refractivity contribution in [2.24, 2.45) is 5.41 Å². The Kier molecular flexibility index (Phi) is 7.44. The minimum atomic E-state index is -3.92. The van der Waals surface area contributed by atoms with Gasteiger partial charge in [0.1, 0.15) is 0 Å². The van der Waals surface area contributed by atoms with Crippen LogP contribution in [0.4, 0.5) is 0 Å². The quantitative estimate of drug-likeness (QED) is 0.532. The molecule has 0 fully saturated rings. The third-order valence-electron chi connectivity index (χ3n) is 1.49. The lowest BCUT2D eigenvalue weighted by atomic mass is 9.99. The molecule has 0 aromatic rings. The van der Waals surface area contributed by atoms with Crippen molar-refractivity contribution >= 4 is 7.82 Å². The fourth-order valence-corrected chi connectivity index (χ4v) is 1.70. The zero-order valence-corrected chi connectivity index (χ0v) is 11.5. The molecule has 0 aromatic carbocycles. The Morgan fingerprint density at radius 3 is 2.25 bits per heavy atom. The topological polar surface area (TPSA) is 65.0 Å². The second-order valence-electron chi connectivity index (χ2n) is 4.75. The van der Waals surface area contributed by atoms with Gasteiger partial charge < -0.3 is 9.63 Å². The van der Waals surface area contributed by atoms with Gasteiger partial charge in [-0.25, -0.2) is 4.57 Å². The van der Waals surface area contributed by atoms with Crippen molar-refractivity contribution in [1.29, 1.82) is 0 Å². The van der Waals surface area contributed by atoms with E-state index in [1.54, 1.807) is 0 Å². The van der Waals surface area contributed by atoms with Gasteiger partial charge in [0.25, 0.3) is 0 Å². The Labute approximate surface area is 97.7 Å². The molecule has 0 radical (unpaired) electrons. The molecular formula is C10H23O5P. The standard InChI is InChI=1S/C10H23O5P/c1-5-6-13-7-8-14-16(11,12)15-9-10(2,3)4/h5-9H2,1-4H3,(H,11,12). The summed E-state index contributed by atoms with van der Waals surface area (Å²) in [5.41, 5.74) is -0.166. The molecule has 0 aliphatic carbocycles. The van der Waals surface area contributed by atoms with Crippen molar-refractivity contribution < 1.29 is 23.2 Å². The predicted octanol–water partition coefficient (Wildman–Crippen LogP) is 2.59. The van der Waals surface area contributed by atoms with E-state index in [-0.39, 0.29) is 18.6 Å². The number of rotatable bonds is 8. The zero-order chi connectivity index (χ0) is 12.7. The van der Waals surface area contributed by atoms with Crippen LogP contribution in [-0.2, 0) is 18.3 Å². The molecular weight excluding hydrogens is 231 g/mol. The van der Waals surface area contributed by atoms with Crippen molar-refractivity contribution in [2.45, 2.75) is 34.1 Å². The van der Waals surface area contributed by atoms with Crippen LogP contribution in [-0.4, -0.2) is 31.3 Å². The summed E-state index contributed by atoms with van der Waals surface area (Å²) in [4.78, 5) is 9.29. The Balaban J connectivity index is 3.67. The Morgan fingerprint density at radius 1 is 1.12 bits per heavy atom. The zero-order valence-electron chi connectivity index (χ0n) is 10.6. The van der Waals surface area contributed by atoms with E-state index in [2.05, 4.69) is 0 Å². The average Bonchev–Trinajstić information content (AvgIpc) is 2.14. The van der Waals surface area contributed by atoms with E-state index < -0.39 is 7.82 Å². The molecule has 0 bridgehead atoms. The fraction of sp³-hybridized carbons (Fsp3) is 1.00. The number of hydrogen-bond acceptors (Lipinski definition) is 4. The van der Waals surface area contributed by atoms with E-state index in [1.807, 2.05) is 27.7 Å². The Hall–Kier alpha value is 0.0700. The molecule has 16 heavy (non-hydrogen) atoms. The van der Waals surface area contributed by atoms with Crippen molar-refractivity contribution in [2.75, 3.05) is 26.4 Å². The first-order valence-corrected chi connectivity index (χ1v) is 6.96. The molecule has 0 rings (SSSR count). The van der Waals surface area contributed by atoms with Crippen LogP contribution in [0, 0.1) is 5.41 Å². The first-order chi connectivity index (χ1) is 7.27. The van der Waals surface area contributed by atoms with Crippen LogP contribution in [0.2, 0.25) is 0 Å². The second kappa shape index (κ2) is 7.41. The molecule has 0 aliphatic rings. The monoisotopic (exact) mass is 254 g/mol. The maximum atomic E-state index is 11.3. The maximum absolute atomic E-state index is 11.3. The van der Waals surface area contributed by atoms with Gasteiger partial charge in [-0.15, -0.1) is 0 Å². The lowest BCUT2D eigenvalue weighted by Crippen LogP contribution is -2.14. The van der Waals surface area contributed by atoms with Gasteiger partial charge >= 0.3 is 7.82 Å². The predicted molar refractivity (Wildman–Crippen MR) is 62.3 cm³/mol. The van der Waals surface area contributed by atoms with Crippen LogP contribution < -0.4 is 0 Å². The summed E-state index contributed by atoms with van der Waals surface area (Å²) in [7, 11) is -3.92. The molecule has 0 aromatic heterocycles. The van der Waals surface area contributed by atoms with Gasteiger partial charge in [0, 0.05) is 6.61 Å². The Morgan fingerprint density at radius 2 is 1.75 bits per heavy atom. The highest BCUT2D eigenvalue weighted by molar-refractivity contribution is 7.47. The van der Waals surface area contributed by atoms with E-state index in [9.17, 15) is 9.46 Å². The number of phosphoric acid groups is 1. The summed E-state index contributed by atoms with van der Waals surface area (Å²) in [6.07, 6.45) is 0.914. The van der Waals surface area contributed by atoms with E-state index >= 15 is 0 Å². The Bertz CT molecular complexity index is 224. The van der Waals surface area contributed by atoms with E-state index in [0.29, 0.717) is 13.2 Å².